The summed E-state index contributed by atoms with van der Waals surface area (Å²) < 4.78 is 27.9. The fraction of sp³-hybridized carbons (Fsp3) is 0.280. The first-order valence-corrected chi connectivity index (χ1v) is 12.3. The second kappa shape index (κ2) is 9.33. The maximum atomic E-state index is 12.4. The van der Waals surface area contributed by atoms with E-state index in [4.69, 9.17) is 0 Å². The van der Waals surface area contributed by atoms with Crippen LogP contribution in [0.2, 0.25) is 0 Å². The van der Waals surface area contributed by atoms with E-state index in [0.717, 1.165) is 17.8 Å². The smallest absolute Gasteiger partial charge is 0.242 e. The van der Waals surface area contributed by atoms with Gasteiger partial charge in [-0.2, -0.15) is 0 Å². The molecule has 3 aromatic carbocycles. The van der Waals surface area contributed by atoms with Crippen LogP contribution < -0.4 is 5.32 Å². The topological polar surface area (TPSA) is 84.3 Å². The third-order valence-corrected chi connectivity index (χ3v) is 7.71. The third kappa shape index (κ3) is 4.77. The normalized spacial score (nSPS) is 12.0. The Balaban J connectivity index is 1.38. The Morgan fingerprint density at radius 3 is 2.58 bits per heavy atom. The largest absolute Gasteiger partial charge is 0.356 e. The highest BCUT2D eigenvalue weighted by Crippen LogP contribution is 2.22. The van der Waals surface area contributed by atoms with Gasteiger partial charge in [0, 0.05) is 40.5 Å². The van der Waals surface area contributed by atoms with Gasteiger partial charge in [0.2, 0.25) is 15.9 Å². The zero-order valence-corrected chi connectivity index (χ0v) is 19.9. The molecule has 1 aromatic heterocycles. The van der Waals surface area contributed by atoms with Gasteiger partial charge in [0.1, 0.15) is 5.82 Å². The van der Waals surface area contributed by atoms with E-state index in [9.17, 15) is 13.2 Å². The van der Waals surface area contributed by atoms with Crippen LogP contribution >= 0.6 is 0 Å². The third-order valence-electron chi connectivity index (χ3n) is 5.90. The molecule has 4 rings (SSSR count). The molecule has 33 heavy (non-hydrogen) atoms. The minimum absolute atomic E-state index is 0.0295. The van der Waals surface area contributed by atoms with E-state index in [2.05, 4.69) is 34.6 Å². The lowest BCUT2D eigenvalue weighted by molar-refractivity contribution is -0.121. The van der Waals surface area contributed by atoms with Crippen LogP contribution in [0.25, 0.3) is 21.8 Å². The predicted octanol–water partition coefficient (Wildman–Crippen LogP) is 3.27. The van der Waals surface area contributed by atoms with Crippen LogP contribution in [-0.4, -0.2) is 48.8 Å². The van der Waals surface area contributed by atoms with E-state index in [1.807, 2.05) is 29.8 Å². The minimum atomic E-state index is -3.52. The van der Waals surface area contributed by atoms with Gasteiger partial charge in [-0.05, 0) is 41.0 Å². The van der Waals surface area contributed by atoms with Crippen LogP contribution in [0.3, 0.4) is 0 Å². The van der Waals surface area contributed by atoms with E-state index in [1.54, 1.807) is 18.2 Å². The van der Waals surface area contributed by atoms with Gasteiger partial charge in [0.05, 0.1) is 15.9 Å². The molecule has 0 saturated heterocycles. The van der Waals surface area contributed by atoms with Crippen molar-refractivity contribution in [2.45, 2.75) is 24.2 Å². The zero-order valence-electron chi connectivity index (χ0n) is 19.1. The summed E-state index contributed by atoms with van der Waals surface area (Å²) in [6.07, 6.45) is 1.55. The Morgan fingerprint density at radius 1 is 1.03 bits per heavy atom. The highest BCUT2D eigenvalue weighted by Gasteiger charge is 2.19. The Hall–Kier alpha value is -3.23. The van der Waals surface area contributed by atoms with Gasteiger partial charge in [-0.15, -0.1) is 0 Å². The van der Waals surface area contributed by atoms with Gasteiger partial charge < -0.3 is 9.88 Å². The first-order valence-electron chi connectivity index (χ1n) is 10.9. The van der Waals surface area contributed by atoms with E-state index in [0.29, 0.717) is 24.9 Å². The summed E-state index contributed by atoms with van der Waals surface area (Å²) in [7, 11) is 1.36. The SMILES string of the molecule is CN(C)S(=O)(=O)c1ccc2c(c1)nc(CCC(=O)NCCc1cccc3ccccc13)n2C. The molecule has 7 nitrogen and oxygen atoms in total. The average Bonchev–Trinajstić information content (AvgIpc) is 3.12. The molecule has 172 valence electrons. The van der Waals surface area contributed by atoms with E-state index < -0.39 is 10.0 Å². The number of aryl methyl sites for hydroxylation is 2. The lowest BCUT2D eigenvalue weighted by Crippen LogP contribution is -2.26. The average molecular weight is 465 g/mol. The molecule has 0 aliphatic carbocycles. The Kier molecular flexibility index (Phi) is 6.49. The Morgan fingerprint density at radius 2 is 1.79 bits per heavy atom. The highest BCUT2D eigenvalue weighted by molar-refractivity contribution is 7.89. The first kappa shape index (κ1) is 22.9. The van der Waals surface area contributed by atoms with Crippen LogP contribution in [-0.2, 0) is 34.7 Å². The summed E-state index contributed by atoms with van der Waals surface area (Å²) in [6, 6.07) is 19.4. The highest BCUT2D eigenvalue weighted by atomic mass is 32.2. The second-order valence-corrected chi connectivity index (χ2v) is 10.4. The monoisotopic (exact) mass is 464 g/mol. The molecule has 0 unspecified atom stereocenters. The summed E-state index contributed by atoms with van der Waals surface area (Å²) in [4.78, 5) is 17.2. The van der Waals surface area contributed by atoms with E-state index >= 15 is 0 Å². The molecule has 1 heterocycles. The van der Waals surface area contributed by atoms with Gasteiger partial charge in [0.25, 0.3) is 0 Å². The molecule has 4 aromatic rings. The molecular formula is C25H28N4O3S. The van der Waals surface area contributed by atoms with Gasteiger partial charge in [-0.1, -0.05) is 42.5 Å². The zero-order chi connectivity index (χ0) is 23.6. The van der Waals surface area contributed by atoms with Crippen molar-refractivity contribution in [3.8, 4) is 0 Å². The van der Waals surface area contributed by atoms with Crippen molar-refractivity contribution in [3.63, 3.8) is 0 Å². The number of nitrogens with zero attached hydrogens (tertiary/aromatic N) is 3. The van der Waals surface area contributed by atoms with Gasteiger partial charge >= 0.3 is 0 Å². The lowest BCUT2D eigenvalue weighted by Gasteiger charge is -2.10. The first-order chi connectivity index (χ1) is 15.8. The number of hydrogen-bond acceptors (Lipinski definition) is 4. The number of nitrogens with one attached hydrogen (secondary N) is 1. The molecule has 0 aliphatic heterocycles. The molecule has 0 spiro atoms. The number of imidazole rings is 1. The van der Waals surface area contributed by atoms with Crippen molar-refractivity contribution in [1.29, 1.82) is 0 Å². The summed E-state index contributed by atoms with van der Waals surface area (Å²) in [6.45, 7) is 0.571. The van der Waals surface area contributed by atoms with Crippen molar-refractivity contribution in [3.05, 3.63) is 72.1 Å². The summed E-state index contributed by atoms with van der Waals surface area (Å²) in [5, 5.41) is 5.41. The Bertz CT molecular complexity index is 1420. The molecule has 1 N–H and O–H groups in total. The van der Waals surface area contributed by atoms with Crippen LogP contribution in [0.4, 0.5) is 0 Å². The molecular weight excluding hydrogens is 436 g/mol. The molecule has 0 fully saturated rings. The van der Waals surface area contributed by atoms with Crippen molar-refractivity contribution < 1.29 is 13.2 Å². The number of carbonyl (C=O) groups excluding carboxylic acids is 1. The maximum absolute atomic E-state index is 12.4. The molecule has 0 bridgehead atoms. The molecule has 1 amide bonds. The van der Waals surface area contributed by atoms with Crippen LogP contribution in [0.1, 0.15) is 17.8 Å². The molecule has 0 radical (unpaired) electrons. The number of hydrogen-bond donors (Lipinski definition) is 1. The predicted molar refractivity (Wildman–Crippen MR) is 131 cm³/mol. The lowest BCUT2D eigenvalue weighted by atomic mass is 10.0. The number of amides is 1. The van der Waals surface area contributed by atoms with Crippen molar-refractivity contribution in [2.75, 3.05) is 20.6 Å². The summed E-state index contributed by atoms with van der Waals surface area (Å²) in [5.41, 5.74) is 2.65. The van der Waals surface area contributed by atoms with Crippen LogP contribution in [0.5, 0.6) is 0 Å². The van der Waals surface area contributed by atoms with Crippen molar-refractivity contribution in [2.24, 2.45) is 7.05 Å². The van der Waals surface area contributed by atoms with Crippen molar-refractivity contribution in [1.82, 2.24) is 19.2 Å². The molecule has 0 atom stereocenters. The van der Waals surface area contributed by atoms with E-state index in [-0.39, 0.29) is 10.8 Å². The number of aromatic nitrogens is 2. The molecule has 0 saturated carbocycles. The van der Waals surface area contributed by atoms with Gasteiger partial charge in [0.15, 0.2) is 0 Å². The Labute approximate surface area is 194 Å². The van der Waals surface area contributed by atoms with Crippen molar-refractivity contribution >= 4 is 37.7 Å². The van der Waals surface area contributed by atoms with Gasteiger partial charge in [-0.3, -0.25) is 4.79 Å². The standard InChI is InChI=1S/C25H28N4O3S/c1-28(2)33(31,32)20-11-12-23-22(17-20)27-24(29(23)3)13-14-25(30)26-16-15-19-9-6-8-18-7-4-5-10-21(18)19/h4-12,17H,13-16H2,1-3H3,(H,26,30). The fourth-order valence-corrected chi connectivity index (χ4v) is 4.91. The summed E-state index contributed by atoms with van der Waals surface area (Å²) in [5.74, 6) is 0.715. The molecule has 8 heteroatoms. The minimum Gasteiger partial charge on any atom is -0.356 e. The van der Waals surface area contributed by atoms with Crippen LogP contribution in [0.15, 0.2) is 65.6 Å². The van der Waals surface area contributed by atoms with E-state index in [1.165, 1.54) is 34.7 Å². The number of carbonyl (C=O) groups is 1. The fourth-order valence-electron chi connectivity index (χ4n) is 3.99. The number of benzene rings is 3. The number of rotatable bonds is 8. The number of fused-ring (bicyclic) bond motifs is 2. The van der Waals surface area contributed by atoms with Crippen LogP contribution in [0, 0.1) is 0 Å². The number of sulfonamides is 1. The molecule has 0 aliphatic rings. The quantitative estimate of drug-likeness (QED) is 0.434. The summed E-state index contributed by atoms with van der Waals surface area (Å²) >= 11 is 0. The maximum Gasteiger partial charge on any atom is 0.242 e. The second-order valence-electron chi connectivity index (χ2n) is 8.26. The van der Waals surface area contributed by atoms with Gasteiger partial charge in [-0.25, -0.2) is 17.7 Å².